The maximum absolute atomic E-state index is 2.54. The minimum atomic E-state index is -2.19. The number of anilines is 4. The van der Waals surface area contributed by atoms with E-state index >= 15 is 0 Å². The first kappa shape index (κ1) is 33.3. The summed E-state index contributed by atoms with van der Waals surface area (Å²) in [6.45, 7) is 15.8. The van der Waals surface area contributed by atoms with E-state index in [4.69, 9.17) is 0 Å². The van der Waals surface area contributed by atoms with Gasteiger partial charge >= 0.3 is 0 Å². The van der Waals surface area contributed by atoms with Crippen LogP contribution in [0.4, 0.5) is 22.7 Å². The molecule has 1 aliphatic rings. The second-order valence-electron chi connectivity index (χ2n) is 14.1. The lowest BCUT2D eigenvalue weighted by Gasteiger charge is -2.36. The molecule has 49 heavy (non-hydrogen) atoms. The fourth-order valence-corrected chi connectivity index (χ4v) is 13.6. The zero-order chi connectivity index (χ0) is 34.6. The summed E-state index contributed by atoms with van der Waals surface area (Å²) in [6, 6.07) is 47.2. The van der Waals surface area contributed by atoms with E-state index in [0.29, 0.717) is 0 Å². The second kappa shape index (κ2) is 12.9. The van der Waals surface area contributed by atoms with Gasteiger partial charge in [0.1, 0.15) is 23.2 Å². The van der Waals surface area contributed by atoms with Crippen LogP contribution in [0.3, 0.4) is 0 Å². The van der Waals surface area contributed by atoms with Crippen LogP contribution in [0.1, 0.15) is 33.4 Å². The maximum Gasteiger partial charge on any atom is 0.128 e. The van der Waals surface area contributed by atoms with Crippen LogP contribution in [0, 0.1) is 41.5 Å². The van der Waals surface area contributed by atoms with Crippen molar-refractivity contribution >= 4 is 69.8 Å². The SMILES string of the molecule is Cc1ccc(P2c3ccc(C)cc3N(C)c3cc(C)ccc3[P+](C)(c3ccc(C)cc3)c3ccc(C)cc3N(C)c3cc(C)ccc32)cc1. The number of rotatable bonds is 2. The van der Waals surface area contributed by atoms with Crippen molar-refractivity contribution in [3.05, 3.63) is 155 Å². The first-order chi connectivity index (χ1) is 23.4. The summed E-state index contributed by atoms with van der Waals surface area (Å²) in [5.74, 6) is 0. The number of hydrogen-bond acceptors (Lipinski definition) is 2. The van der Waals surface area contributed by atoms with Crippen LogP contribution in [-0.2, 0) is 0 Å². The predicted octanol–water partition coefficient (Wildman–Crippen LogP) is 9.07. The Labute approximate surface area is 295 Å². The fraction of sp³-hybridized carbons (Fsp3) is 0.200. The molecule has 0 amide bonds. The molecule has 0 aliphatic carbocycles. The maximum atomic E-state index is 2.54. The Kier molecular flexibility index (Phi) is 8.77. The molecule has 0 atom stereocenters. The lowest BCUT2D eigenvalue weighted by molar-refractivity contribution is 1.21. The highest BCUT2D eigenvalue weighted by molar-refractivity contribution is 7.95. The Morgan fingerprint density at radius 3 is 1.18 bits per heavy atom. The zero-order valence-electron chi connectivity index (χ0n) is 30.3. The second-order valence-corrected chi connectivity index (χ2v) is 19.7. The molecule has 7 rings (SSSR count). The van der Waals surface area contributed by atoms with Crippen LogP contribution in [0.25, 0.3) is 0 Å². The summed E-state index contributed by atoms with van der Waals surface area (Å²) in [6.07, 6.45) is 0. The number of aryl methyl sites for hydroxylation is 6. The van der Waals surface area contributed by atoms with Crippen molar-refractivity contribution in [2.75, 3.05) is 30.6 Å². The molecule has 0 saturated heterocycles. The molecule has 0 fully saturated rings. The van der Waals surface area contributed by atoms with E-state index in [1.807, 2.05) is 0 Å². The number of fused-ring (bicyclic) bond motifs is 4. The lowest BCUT2D eigenvalue weighted by Crippen LogP contribution is -2.38. The summed E-state index contributed by atoms with van der Waals surface area (Å²) in [4.78, 5) is 5.02. The standard InChI is InChI=1S/C45H47N2P2/c1-30-10-18-36(19-11-30)48-42-22-14-32(3)26-38(42)46(7)40-28-34(5)16-24-44(40)49(9,37-20-12-31(2)13-21-37)45-25-17-35(6)29-41(45)47(8)39-27-33(4)15-23-43(39)48/h10-29H,1-9H3/q+1. The molecule has 6 aromatic rings. The van der Waals surface area contributed by atoms with Crippen molar-refractivity contribution in [2.24, 2.45) is 0 Å². The van der Waals surface area contributed by atoms with Gasteiger partial charge in [0, 0.05) is 36.1 Å². The topological polar surface area (TPSA) is 6.48 Å². The molecule has 4 heteroatoms. The van der Waals surface area contributed by atoms with E-state index in [9.17, 15) is 0 Å². The van der Waals surface area contributed by atoms with E-state index in [-0.39, 0.29) is 0 Å². The Bertz CT molecular complexity index is 2070. The Hall–Kier alpha value is -4.22. The van der Waals surface area contributed by atoms with Gasteiger partial charge in [-0.3, -0.25) is 0 Å². The third-order valence-electron chi connectivity index (χ3n) is 10.3. The van der Waals surface area contributed by atoms with Crippen LogP contribution in [-0.4, -0.2) is 20.8 Å². The highest BCUT2D eigenvalue weighted by Crippen LogP contribution is 2.57. The summed E-state index contributed by atoms with van der Waals surface area (Å²) in [7, 11) is 1.48. The average Bonchev–Trinajstić information content (AvgIpc) is 3.09. The quantitative estimate of drug-likeness (QED) is 0.169. The average molecular weight is 678 g/mol. The molecule has 0 aromatic heterocycles. The van der Waals surface area contributed by atoms with E-state index < -0.39 is 15.2 Å². The van der Waals surface area contributed by atoms with Gasteiger partial charge in [-0.05, 0) is 126 Å². The van der Waals surface area contributed by atoms with Crippen LogP contribution in [0.5, 0.6) is 0 Å². The van der Waals surface area contributed by atoms with Crippen LogP contribution >= 0.6 is 15.2 Å². The van der Waals surface area contributed by atoms with Gasteiger partial charge in [-0.25, -0.2) is 0 Å². The van der Waals surface area contributed by atoms with E-state index in [1.165, 1.54) is 88.0 Å². The highest BCUT2D eigenvalue weighted by atomic mass is 31.2. The molecule has 0 N–H and O–H groups in total. The largest absolute Gasteiger partial charge is 0.341 e. The van der Waals surface area contributed by atoms with Gasteiger partial charge < -0.3 is 9.80 Å². The van der Waals surface area contributed by atoms with Crippen molar-refractivity contribution in [3.63, 3.8) is 0 Å². The number of hydrogen-bond donors (Lipinski definition) is 0. The molecule has 246 valence electrons. The first-order valence-corrected chi connectivity index (χ1v) is 20.8. The van der Waals surface area contributed by atoms with Gasteiger partial charge in [0.2, 0.25) is 0 Å². The molecule has 1 heterocycles. The van der Waals surface area contributed by atoms with Crippen molar-refractivity contribution in [2.45, 2.75) is 41.5 Å². The molecule has 0 spiro atoms. The van der Waals surface area contributed by atoms with Gasteiger partial charge in [-0.1, -0.05) is 83.9 Å². The fourth-order valence-electron chi connectivity index (χ4n) is 7.36. The monoisotopic (exact) mass is 677 g/mol. The summed E-state index contributed by atoms with van der Waals surface area (Å²) in [5, 5.41) is 8.31. The number of benzene rings is 6. The smallest absolute Gasteiger partial charge is 0.128 e. The third kappa shape index (κ3) is 5.90. The predicted molar refractivity (Wildman–Crippen MR) is 221 cm³/mol. The van der Waals surface area contributed by atoms with Gasteiger partial charge in [0.25, 0.3) is 0 Å². The zero-order valence-corrected chi connectivity index (χ0v) is 32.1. The highest BCUT2D eigenvalue weighted by Gasteiger charge is 2.46. The van der Waals surface area contributed by atoms with Crippen molar-refractivity contribution in [1.82, 2.24) is 0 Å². The molecule has 1 aliphatic heterocycles. The van der Waals surface area contributed by atoms with Crippen molar-refractivity contribution in [3.8, 4) is 0 Å². The Balaban J connectivity index is 1.67. The molecule has 6 aromatic carbocycles. The molecule has 0 radical (unpaired) electrons. The third-order valence-corrected chi connectivity index (χ3v) is 16.8. The molecular formula is C45H47N2P2+. The molecule has 0 bridgehead atoms. The Morgan fingerprint density at radius 1 is 0.408 bits per heavy atom. The minimum Gasteiger partial charge on any atom is -0.341 e. The van der Waals surface area contributed by atoms with Crippen LogP contribution in [0.2, 0.25) is 0 Å². The van der Waals surface area contributed by atoms with Gasteiger partial charge in [-0.2, -0.15) is 0 Å². The minimum absolute atomic E-state index is 0.921. The van der Waals surface area contributed by atoms with Gasteiger partial charge in [-0.15, -0.1) is 0 Å². The van der Waals surface area contributed by atoms with Gasteiger partial charge in [0.15, 0.2) is 0 Å². The molecule has 0 saturated carbocycles. The summed E-state index contributed by atoms with van der Waals surface area (Å²) in [5.41, 5.74) is 12.7. The van der Waals surface area contributed by atoms with E-state index in [2.05, 4.69) is 193 Å². The summed E-state index contributed by atoms with van der Waals surface area (Å²) >= 11 is 0. The van der Waals surface area contributed by atoms with Crippen molar-refractivity contribution in [1.29, 1.82) is 0 Å². The first-order valence-electron chi connectivity index (χ1n) is 17.2. The van der Waals surface area contributed by atoms with Crippen molar-refractivity contribution < 1.29 is 0 Å². The Morgan fingerprint density at radius 2 is 0.755 bits per heavy atom. The van der Waals surface area contributed by atoms with Gasteiger partial charge in [0.05, 0.1) is 18.0 Å². The molecule has 0 unspecified atom stereocenters. The van der Waals surface area contributed by atoms with E-state index in [0.717, 1.165) is 0 Å². The lowest BCUT2D eigenvalue weighted by atomic mass is 10.1. The van der Waals surface area contributed by atoms with Crippen LogP contribution in [0.15, 0.2) is 121 Å². The normalized spacial score (nSPS) is 17.3. The van der Waals surface area contributed by atoms with E-state index in [1.54, 1.807) is 0 Å². The van der Waals surface area contributed by atoms with Crippen LogP contribution < -0.4 is 41.6 Å². The molecular weight excluding hydrogens is 630 g/mol. The summed E-state index contributed by atoms with van der Waals surface area (Å²) < 4.78 is 0. The molecule has 2 nitrogen and oxygen atoms in total. The number of nitrogens with zero attached hydrogens (tertiary/aromatic N) is 2.